The van der Waals surface area contributed by atoms with Gasteiger partial charge >= 0.3 is 0 Å². The van der Waals surface area contributed by atoms with Crippen LogP contribution >= 0.6 is 0 Å². The van der Waals surface area contributed by atoms with Crippen LogP contribution in [0, 0.1) is 0 Å². The smallest absolute Gasteiger partial charge is 0.270 e. The second kappa shape index (κ2) is 5.99. The molecule has 1 unspecified atom stereocenters. The SMILES string of the molecule is CC(CNC(=O)c1cc(NN)ccn1)N(C)C1CC1. The lowest BCUT2D eigenvalue weighted by Crippen LogP contribution is -2.41. The quantitative estimate of drug-likeness (QED) is 0.516. The molecule has 4 N–H and O–H groups in total. The van der Waals surface area contributed by atoms with E-state index in [0.717, 1.165) is 0 Å². The zero-order valence-corrected chi connectivity index (χ0v) is 11.4. The maximum atomic E-state index is 12.0. The van der Waals surface area contributed by atoms with E-state index in [1.54, 1.807) is 18.3 Å². The first-order chi connectivity index (χ1) is 9.11. The molecule has 1 heterocycles. The Balaban J connectivity index is 1.86. The number of aromatic nitrogens is 1. The second-order valence-corrected chi connectivity index (χ2v) is 5.03. The Morgan fingerprint density at radius 1 is 1.63 bits per heavy atom. The summed E-state index contributed by atoms with van der Waals surface area (Å²) >= 11 is 0. The number of nitrogens with two attached hydrogens (primary N) is 1. The molecule has 1 aliphatic rings. The van der Waals surface area contributed by atoms with Gasteiger partial charge in [0.15, 0.2) is 0 Å². The third-order valence-corrected chi connectivity index (χ3v) is 3.54. The number of nitrogens with zero attached hydrogens (tertiary/aromatic N) is 2. The van der Waals surface area contributed by atoms with Crippen molar-refractivity contribution < 1.29 is 4.79 Å². The summed E-state index contributed by atoms with van der Waals surface area (Å²) in [5, 5.41) is 2.90. The molecule has 1 saturated carbocycles. The van der Waals surface area contributed by atoms with Crippen molar-refractivity contribution in [2.75, 3.05) is 19.0 Å². The second-order valence-electron chi connectivity index (χ2n) is 5.03. The molecule has 1 aliphatic carbocycles. The Kier molecular flexibility index (Phi) is 4.34. The highest BCUT2D eigenvalue weighted by Crippen LogP contribution is 2.26. The molecule has 0 bridgehead atoms. The van der Waals surface area contributed by atoms with E-state index in [4.69, 9.17) is 5.84 Å². The molecule has 1 atom stereocenters. The number of nitrogen functional groups attached to an aromatic ring is 1. The average Bonchev–Trinajstić information content (AvgIpc) is 3.28. The molecule has 0 spiro atoms. The van der Waals surface area contributed by atoms with Gasteiger partial charge in [0.2, 0.25) is 0 Å². The maximum Gasteiger partial charge on any atom is 0.270 e. The number of hydrogen-bond acceptors (Lipinski definition) is 5. The van der Waals surface area contributed by atoms with Crippen LogP contribution in [0.2, 0.25) is 0 Å². The molecule has 2 rings (SSSR count). The molecule has 1 aromatic rings. The summed E-state index contributed by atoms with van der Waals surface area (Å²) in [5.74, 6) is 5.13. The summed E-state index contributed by atoms with van der Waals surface area (Å²) < 4.78 is 0. The molecule has 0 aromatic carbocycles. The third-order valence-electron chi connectivity index (χ3n) is 3.54. The first kappa shape index (κ1) is 13.8. The first-order valence-electron chi connectivity index (χ1n) is 6.54. The van der Waals surface area contributed by atoms with Gasteiger partial charge in [0.25, 0.3) is 5.91 Å². The van der Waals surface area contributed by atoms with Crippen LogP contribution in [-0.4, -0.2) is 41.5 Å². The van der Waals surface area contributed by atoms with Crippen LogP contribution in [-0.2, 0) is 0 Å². The van der Waals surface area contributed by atoms with Gasteiger partial charge in [-0.05, 0) is 38.9 Å². The molecule has 1 aromatic heterocycles. The van der Waals surface area contributed by atoms with Gasteiger partial charge in [-0.3, -0.25) is 20.5 Å². The van der Waals surface area contributed by atoms with E-state index in [-0.39, 0.29) is 5.91 Å². The first-order valence-corrected chi connectivity index (χ1v) is 6.54. The summed E-state index contributed by atoms with van der Waals surface area (Å²) in [6.07, 6.45) is 4.09. The fraction of sp³-hybridized carbons (Fsp3) is 0.538. The standard InChI is InChI=1S/C13H21N5O/c1-9(18(2)11-3-4-11)8-16-13(19)12-7-10(17-14)5-6-15-12/h5-7,9,11H,3-4,8,14H2,1-2H3,(H,15,17)(H,16,19). The molecule has 0 saturated heterocycles. The average molecular weight is 263 g/mol. The van der Waals surface area contributed by atoms with Gasteiger partial charge in [-0.2, -0.15) is 0 Å². The van der Waals surface area contributed by atoms with Gasteiger partial charge in [0, 0.05) is 24.8 Å². The maximum absolute atomic E-state index is 12.0. The summed E-state index contributed by atoms with van der Waals surface area (Å²) in [7, 11) is 2.10. The Hall–Kier alpha value is -1.66. The number of amides is 1. The lowest BCUT2D eigenvalue weighted by atomic mass is 10.2. The Morgan fingerprint density at radius 2 is 2.37 bits per heavy atom. The number of rotatable bonds is 6. The predicted molar refractivity (Wildman–Crippen MR) is 74.6 cm³/mol. The topological polar surface area (TPSA) is 83.3 Å². The van der Waals surface area contributed by atoms with Crippen molar-refractivity contribution in [3.8, 4) is 0 Å². The summed E-state index contributed by atoms with van der Waals surface area (Å²) in [4.78, 5) is 18.3. The molecular formula is C13H21N5O. The molecule has 104 valence electrons. The molecule has 19 heavy (non-hydrogen) atoms. The van der Waals surface area contributed by atoms with Crippen LogP contribution in [0.5, 0.6) is 0 Å². The minimum Gasteiger partial charge on any atom is -0.349 e. The van der Waals surface area contributed by atoms with Crippen molar-refractivity contribution in [1.29, 1.82) is 0 Å². The largest absolute Gasteiger partial charge is 0.349 e. The van der Waals surface area contributed by atoms with Crippen molar-refractivity contribution in [3.63, 3.8) is 0 Å². The van der Waals surface area contributed by atoms with Crippen molar-refractivity contribution in [1.82, 2.24) is 15.2 Å². The van der Waals surface area contributed by atoms with Gasteiger partial charge in [0.1, 0.15) is 5.69 Å². The fourth-order valence-corrected chi connectivity index (χ4v) is 1.96. The molecule has 0 radical (unpaired) electrons. The molecule has 1 amide bonds. The Labute approximate surface area is 113 Å². The van der Waals surface area contributed by atoms with E-state index in [9.17, 15) is 4.79 Å². The minimum atomic E-state index is -0.173. The van der Waals surface area contributed by atoms with E-state index in [0.29, 0.717) is 30.0 Å². The van der Waals surface area contributed by atoms with Gasteiger partial charge < -0.3 is 10.7 Å². The number of carbonyl (C=O) groups is 1. The van der Waals surface area contributed by atoms with Crippen molar-refractivity contribution in [2.24, 2.45) is 5.84 Å². The van der Waals surface area contributed by atoms with Gasteiger partial charge in [-0.15, -0.1) is 0 Å². The predicted octanol–water partition coefficient (Wildman–Crippen LogP) is 0.580. The summed E-state index contributed by atoms with van der Waals surface area (Å²) in [6.45, 7) is 2.73. The highest BCUT2D eigenvalue weighted by atomic mass is 16.1. The van der Waals surface area contributed by atoms with Crippen molar-refractivity contribution in [3.05, 3.63) is 24.0 Å². The lowest BCUT2D eigenvalue weighted by Gasteiger charge is -2.24. The Morgan fingerprint density at radius 3 is 3.00 bits per heavy atom. The monoisotopic (exact) mass is 263 g/mol. The van der Waals surface area contributed by atoms with Gasteiger partial charge in [0.05, 0.1) is 5.69 Å². The highest BCUT2D eigenvalue weighted by molar-refractivity contribution is 5.93. The van der Waals surface area contributed by atoms with Gasteiger partial charge in [-0.1, -0.05) is 0 Å². The fourth-order valence-electron chi connectivity index (χ4n) is 1.96. The van der Waals surface area contributed by atoms with Crippen LogP contribution in [0.15, 0.2) is 18.3 Å². The van der Waals surface area contributed by atoms with Crippen LogP contribution in [0.4, 0.5) is 5.69 Å². The number of pyridine rings is 1. The van der Waals surface area contributed by atoms with E-state index < -0.39 is 0 Å². The van der Waals surface area contributed by atoms with E-state index in [1.807, 2.05) is 0 Å². The zero-order valence-electron chi connectivity index (χ0n) is 11.4. The van der Waals surface area contributed by atoms with E-state index in [2.05, 4.69) is 34.6 Å². The van der Waals surface area contributed by atoms with E-state index >= 15 is 0 Å². The molecule has 1 fully saturated rings. The number of likely N-dealkylation sites (N-methyl/N-ethyl adjacent to an activating group) is 1. The summed E-state index contributed by atoms with van der Waals surface area (Å²) in [5.41, 5.74) is 3.54. The molecule has 0 aliphatic heterocycles. The molecule has 6 nitrogen and oxygen atoms in total. The van der Waals surface area contributed by atoms with E-state index in [1.165, 1.54) is 12.8 Å². The molecule has 6 heteroatoms. The van der Waals surface area contributed by atoms with Crippen LogP contribution in [0.1, 0.15) is 30.3 Å². The molecular weight excluding hydrogens is 242 g/mol. The number of hydrazine groups is 1. The Bertz CT molecular complexity index is 446. The van der Waals surface area contributed by atoms with Crippen LogP contribution < -0.4 is 16.6 Å². The highest BCUT2D eigenvalue weighted by Gasteiger charge is 2.29. The zero-order chi connectivity index (χ0) is 13.8. The number of carbonyl (C=O) groups excluding carboxylic acids is 1. The number of anilines is 1. The third kappa shape index (κ3) is 3.65. The van der Waals surface area contributed by atoms with Crippen molar-refractivity contribution >= 4 is 11.6 Å². The van der Waals surface area contributed by atoms with Crippen molar-refractivity contribution in [2.45, 2.75) is 31.8 Å². The van der Waals surface area contributed by atoms with Crippen LogP contribution in [0.25, 0.3) is 0 Å². The summed E-state index contributed by atoms with van der Waals surface area (Å²) in [6, 6.07) is 4.35. The number of nitrogens with one attached hydrogen (secondary N) is 2. The van der Waals surface area contributed by atoms with Gasteiger partial charge in [-0.25, -0.2) is 0 Å². The minimum absolute atomic E-state index is 0.173. The number of hydrogen-bond donors (Lipinski definition) is 3. The van der Waals surface area contributed by atoms with Crippen LogP contribution in [0.3, 0.4) is 0 Å². The normalized spacial score (nSPS) is 16.2. The lowest BCUT2D eigenvalue weighted by molar-refractivity contribution is 0.0934.